The fourth-order valence-electron chi connectivity index (χ4n) is 2.92. The molecule has 0 spiro atoms. The average molecular weight is 282 g/mol. The van der Waals surface area contributed by atoms with E-state index in [-0.39, 0.29) is 0 Å². The summed E-state index contributed by atoms with van der Waals surface area (Å²) < 4.78 is 2.19. The average Bonchev–Trinajstić information content (AvgIpc) is 2.93. The number of anilines is 1. The molecule has 3 heterocycles. The van der Waals surface area contributed by atoms with E-state index >= 15 is 0 Å². The van der Waals surface area contributed by atoms with E-state index in [1.807, 2.05) is 19.3 Å². The number of aromatic nitrogens is 4. The summed E-state index contributed by atoms with van der Waals surface area (Å²) in [5, 5.41) is 9.17. The molecule has 0 bridgehead atoms. The molecule has 6 heteroatoms. The fourth-order valence-corrected chi connectivity index (χ4v) is 2.92. The van der Waals surface area contributed by atoms with Crippen molar-refractivity contribution in [1.29, 1.82) is 5.26 Å². The molecule has 0 amide bonds. The van der Waals surface area contributed by atoms with Crippen LogP contribution in [0.2, 0.25) is 0 Å². The molecule has 0 saturated carbocycles. The Labute approximate surface area is 124 Å². The van der Waals surface area contributed by atoms with Crippen molar-refractivity contribution in [3.63, 3.8) is 0 Å². The maximum absolute atomic E-state index is 9.17. The van der Waals surface area contributed by atoms with Crippen LogP contribution in [-0.2, 0) is 6.54 Å². The molecule has 2 aromatic heterocycles. The zero-order valence-corrected chi connectivity index (χ0v) is 12.1. The molecule has 1 aliphatic heterocycles. The van der Waals surface area contributed by atoms with E-state index in [1.54, 1.807) is 12.4 Å². The highest BCUT2D eigenvalue weighted by molar-refractivity contribution is 5.49. The fraction of sp³-hybridized carbons (Fsp3) is 0.467. The van der Waals surface area contributed by atoms with E-state index in [9.17, 15) is 0 Å². The highest BCUT2D eigenvalue weighted by Gasteiger charge is 2.23. The molecular formula is C15H18N6. The Morgan fingerprint density at radius 1 is 1.29 bits per heavy atom. The Kier molecular flexibility index (Phi) is 3.82. The normalized spacial score (nSPS) is 18.5. The molecular weight excluding hydrogens is 264 g/mol. The second-order valence-electron chi connectivity index (χ2n) is 5.42. The molecule has 6 nitrogen and oxygen atoms in total. The topological polar surface area (TPSA) is 70.6 Å². The van der Waals surface area contributed by atoms with E-state index in [2.05, 4.69) is 30.5 Å². The molecule has 3 rings (SSSR count). The largest absolute Gasteiger partial charge is 0.354 e. The molecule has 1 saturated heterocycles. The van der Waals surface area contributed by atoms with Gasteiger partial charge in [0.05, 0.1) is 0 Å². The number of nitriles is 1. The molecule has 1 aliphatic rings. The van der Waals surface area contributed by atoms with E-state index in [0.717, 1.165) is 31.9 Å². The van der Waals surface area contributed by atoms with Crippen molar-refractivity contribution in [2.45, 2.75) is 26.3 Å². The Morgan fingerprint density at radius 2 is 2.14 bits per heavy atom. The van der Waals surface area contributed by atoms with Crippen LogP contribution in [0.1, 0.15) is 24.4 Å². The van der Waals surface area contributed by atoms with Crippen LogP contribution >= 0.6 is 0 Å². The molecule has 0 unspecified atom stereocenters. The molecule has 0 aromatic carbocycles. The van der Waals surface area contributed by atoms with Gasteiger partial charge in [-0.15, -0.1) is 0 Å². The van der Waals surface area contributed by atoms with Gasteiger partial charge < -0.3 is 9.47 Å². The summed E-state index contributed by atoms with van der Waals surface area (Å²) in [5.74, 6) is 2.30. The predicted molar refractivity (Wildman–Crippen MR) is 78.6 cm³/mol. The van der Waals surface area contributed by atoms with Crippen molar-refractivity contribution < 1.29 is 0 Å². The highest BCUT2D eigenvalue weighted by Crippen LogP contribution is 2.24. The highest BCUT2D eigenvalue weighted by atomic mass is 15.2. The lowest BCUT2D eigenvalue weighted by molar-refractivity contribution is 0.362. The van der Waals surface area contributed by atoms with E-state index < -0.39 is 0 Å². The second kappa shape index (κ2) is 5.92. The first-order valence-electron chi connectivity index (χ1n) is 7.21. The number of hydrogen-bond donors (Lipinski definition) is 0. The van der Waals surface area contributed by atoms with Gasteiger partial charge in [0.15, 0.2) is 11.5 Å². The van der Waals surface area contributed by atoms with Gasteiger partial charge in [-0.1, -0.05) is 0 Å². The lowest BCUT2D eigenvalue weighted by Gasteiger charge is -2.34. The summed E-state index contributed by atoms with van der Waals surface area (Å²) in [6.07, 6.45) is 9.39. The van der Waals surface area contributed by atoms with Gasteiger partial charge in [0, 0.05) is 44.4 Å². The summed E-state index contributed by atoms with van der Waals surface area (Å²) in [6.45, 7) is 4.83. The van der Waals surface area contributed by atoms with Crippen LogP contribution in [0.3, 0.4) is 0 Å². The second-order valence-corrected chi connectivity index (χ2v) is 5.42. The maximum Gasteiger partial charge on any atom is 0.183 e. The molecule has 1 fully saturated rings. The van der Waals surface area contributed by atoms with Crippen molar-refractivity contribution >= 4 is 5.82 Å². The molecule has 2 aromatic rings. The number of hydrogen-bond acceptors (Lipinski definition) is 5. The molecule has 1 atom stereocenters. The Morgan fingerprint density at radius 3 is 2.90 bits per heavy atom. The van der Waals surface area contributed by atoms with Crippen LogP contribution < -0.4 is 4.90 Å². The number of aryl methyl sites for hydroxylation is 1. The number of piperidine rings is 1. The summed E-state index contributed by atoms with van der Waals surface area (Å²) in [4.78, 5) is 14.9. The SMILES string of the molecule is Cc1nccn1C[C@H]1CCCN(c2nccnc2C#N)C1. The lowest BCUT2D eigenvalue weighted by atomic mass is 9.97. The third-order valence-corrected chi connectivity index (χ3v) is 3.98. The smallest absolute Gasteiger partial charge is 0.183 e. The van der Waals surface area contributed by atoms with Gasteiger partial charge in [0.25, 0.3) is 0 Å². The van der Waals surface area contributed by atoms with Gasteiger partial charge in [-0.25, -0.2) is 15.0 Å². The van der Waals surface area contributed by atoms with Gasteiger partial charge in [-0.3, -0.25) is 0 Å². The molecule has 0 aliphatic carbocycles. The monoisotopic (exact) mass is 282 g/mol. The van der Waals surface area contributed by atoms with E-state index in [0.29, 0.717) is 17.4 Å². The predicted octanol–water partition coefficient (Wildman–Crippen LogP) is 1.77. The van der Waals surface area contributed by atoms with Gasteiger partial charge in [0.2, 0.25) is 0 Å². The summed E-state index contributed by atoms with van der Waals surface area (Å²) in [5.41, 5.74) is 0.414. The van der Waals surface area contributed by atoms with Crippen LogP contribution in [0.4, 0.5) is 5.82 Å². The first-order chi connectivity index (χ1) is 10.3. The van der Waals surface area contributed by atoms with E-state index in [1.165, 1.54) is 6.42 Å². The molecule has 0 N–H and O–H groups in total. The Hall–Kier alpha value is -2.42. The third kappa shape index (κ3) is 2.87. The number of rotatable bonds is 3. The standard InChI is InChI=1S/C15H18N6/c1-12-17-6-8-20(12)10-13-3-2-7-21(11-13)15-14(9-16)18-4-5-19-15/h4-6,8,13H,2-3,7,10-11H2,1H3/t13-/m1/s1. The van der Waals surface area contributed by atoms with Crippen molar-refractivity contribution in [2.75, 3.05) is 18.0 Å². The van der Waals surface area contributed by atoms with Crippen LogP contribution in [0.25, 0.3) is 0 Å². The van der Waals surface area contributed by atoms with E-state index in [4.69, 9.17) is 5.26 Å². The zero-order chi connectivity index (χ0) is 14.7. The first kappa shape index (κ1) is 13.6. The minimum absolute atomic E-state index is 0.414. The van der Waals surface area contributed by atoms with Gasteiger partial charge in [-0.2, -0.15) is 5.26 Å². The minimum Gasteiger partial charge on any atom is -0.354 e. The third-order valence-electron chi connectivity index (χ3n) is 3.98. The van der Waals surface area contributed by atoms with Crippen molar-refractivity contribution in [2.24, 2.45) is 5.92 Å². The molecule has 21 heavy (non-hydrogen) atoms. The molecule has 0 radical (unpaired) electrons. The van der Waals surface area contributed by atoms with Crippen molar-refractivity contribution in [3.05, 3.63) is 36.3 Å². The van der Waals surface area contributed by atoms with Crippen LogP contribution in [0.15, 0.2) is 24.8 Å². The Bertz CT molecular complexity index is 656. The van der Waals surface area contributed by atoms with Crippen LogP contribution in [0.5, 0.6) is 0 Å². The summed E-state index contributed by atoms with van der Waals surface area (Å²) >= 11 is 0. The van der Waals surface area contributed by atoms with Gasteiger partial charge in [-0.05, 0) is 25.7 Å². The quantitative estimate of drug-likeness (QED) is 0.858. The summed E-state index contributed by atoms with van der Waals surface area (Å²) in [6, 6.07) is 2.13. The van der Waals surface area contributed by atoms with Gasteiger partial charge >= 0.3 is 0 Å². The first-order valence-corrected chi connectivity index (χ1v) is 7.21. The van der Waals surface area contributed by atoms with Crippen LogP contribution in [-0.4, -0.2) is 32.6 Å². The maximum atomic E-state index is 9.17. The van der Waals surface area contributed by atoms with Crippen molar-refractivity contribution in [3.8, 4) is 6.07 Å². The van der Waals surface area contributed by atoms with Crippen molar-refractivity contribution in [1.82, 2.24) is 19.5 Å². The zero-order valence-electron chi connectivity index (χ0n) is 12.1. The number of nitrogens with zero attached hydrogens (tertiary/aromatic N) is 6. The lowest BCUT2D eigenvalue weighted by Crippen LogP contribution is -2.38. The molecule has 108 valence electrons. The Balaban J connectivity index is 1.74. The van der Waals surface area contributed by atoms with Gasteiger partial charge in [0.1, 0.15) is 11.9 Å². The summed E-state index contributed by atoms with van der Waals surface area (Å²) in [7, 11) is 0. The number of imidazole rings is 1. The minimum atomic E-state index is 0.414. The van der Waals surface area contributed by atoms with Crippen LogP contribution in [0, 0.1) is 24.2 Å².